The van der Waals surface area contributed by atoms with Crippen molar-refractivity contribution in [2.24, 2.45) is 0 Å². The first kappa shape index (κ1) is 13.3. The minimum absolute atomic E-state index is 0. The Morgan fingerprint density at radius 3 is 2.43 bits per heavy atom. The number of benzene rings is 1. The van der Waals surface area contributed by atoms with Crippen LogP contribution in [0.3, 0.4) is 0 Å². The second kappa shape index (κ2) is 4.70. The molecular weight excluding hydrogens is 296 g/mol. The summed E-state index contributed by atoms with van der Waals surface area (Å²) in [4.78, 5) is 2.28. The number of rotatable bonds is 1. The molecule has 0 fully saturated rings. The third kappa shape index (κ3) is 2.92. The highest BCUT2D eigenvalue weighted by Gasteiger charge is 2.24. The van der Waals surface area contributed by atoms with Crippen molar-refractivity contribution in [2.75, 3.05) is 0 Å². The van der Waals surface area contributed by atoms with Crippen molar-refractivity contribution in [3.8, 4) is 0 Å². The molecule has 0 heterocycles. The number of nitrogens with zero attached hydrogens (tertiary/aromatic N) is 2. The van der Waals surface area contributed by atoms with Crippen LogP contribution in [0, 0.1) is 5.39 Å². The van der Waals surface area contributed by atoms with E-state index in [2.05, 4.69) is 20.9 Å². The second-order valence-electron chi connectivity index (χ2n) is 2.19. The minimum atomic E-state index is -4.35. The van der Waals surface area contributed by atoms with E-state index in [4.69, 9.17) is 9.95 Å². The quantitative estimate of drug-likeness (QED) is 0.543. The zero-order valence-corrected chi connectivity index (χ0v) is 9.71. The average Bonchev–Trinajstić information content (AvgIpc) is 2.03. The van der Waals surface area contributed by atoms with Gasteiger partial charge < -0.3 is 12.4 Å². The first-order valence-electron chi connectivity index (χ1n) is 3.07. The normalized spacial score (nSPS) is 10.1. The predicted molar refractivity (Wildman–Crippen MR) is 48.7 cm³/mol. The molecule has 1 aromatic carbocycles. The van der Waals surface area contributed by atoms with Gasteiger partial charge in [-0.2, -0.15) is 8.42 Å². The molecule has 0 unspecified atom stereocenters. The van der Waals surface area contributed by atoms with Gasteiger partial charge in [0.15, 0.2) is 9.87 Å². The maximum Gasteiger partial charge on any atom is 0.406 e. The highest BCUT2D eigenvalue weighted by molar-refractivity contribution is 9.10. The van der Waals surface area contributed by atoms with Crippen molar-refractivity contribution in [2.45, 2.75) is 4.90 Å². The van der Waals surface area contributed by atoms with Crippen LogP contribution in [0.4, 0.5) is 5.69 Å². The van der Waals surface area contributed by atoms with E-state index in [1.807, 2.05) is 0 Å². The molecule has 1 aromatic rings. The molecule has 0 saturated heterocycles. The minimum Gasteiger partial charge on any atom is -1.00 e. The molecule has 5 nitrogen and oxygen atoms in total. The van der Waals surface area contributed by atoms with Gasteiger partial charge in [0.25, 0.3) is 0 Å². The topological polar surface area (TPSA) is 82.5 Å². The molecule has 0 amide bonds. The van der Waals surface area contributed by atoms with Gasteiger partial charge in [0.2, 0.25) is 5.39 Å². The van der Waals surface area contributed by atoms with Gasteiger partial charge in [0, 0.05) is 10.5 Å². The van der Waals surface area contributed by atoms with Crippen molar-refractivity contribution >= 4 is 31.7 Å². The molecule has 8 heteroatoms. The fourth-order valence-electron chi connectivity index (χ4n) is 0.777. The molecule has 14 heavy (non-hydrogen) atoms. The van der Waals surface area contributed by atoms with E-state index in [0.717, 1.165) is 6.07 Å². The Morgan fingerprint density at radius 2 is 2.00 bits per heavy atom. The van der Waals surface area contributed by atoms with Crippen LogP contribution >= 0.6 is 15.9 Å². The lowest BCUT2D eigenvalue weighted by atomic mass is 10.3. The standard InChI is InChI=1S/C6H3BrN2O3S.ClH/c7-4-1-2-5(9-8)6(3-4)13(10,11)12;/h1-3H;1H. The highest BCUT2D eigenvalue weighted by atomic mass is 79.9. The Hall–Kier alpha value is -0.680. The molecule has 0 spiro atoms. The van der Waals surface area contributed by atoms with Crippen LogP contribution in [0.2, 0.25) is 0 Å². The number of halogens is 2. The van der Waals surface area contributed by atoms with Gasteiger partial charge >= 0.3 is 15.8 Å². The Morgan fingerprint density at radius 1 is 1.43 bits per heavy atom. The Bertz CT molecular complexity index is 482. The molecule has 0 bridgehead atoms. The smallest absolute Gasteiger partial charge is 0.406 e. The third-order valence-corrected chi connectivity index (χ3v) is 2.68. The van der Waals surface area contributed by atoms with Gasteiger partial charge in [0.1, 0.15) is 0 Å². The summed E-state index contributed by atoms with van der Waals surface area (Å²) in [6, 6.07) is 3.89. The molecule has 1 rings (SSSR count). The Kier molecular flexibility index (Phi) is 4.48. The SMILES string of the molecule is N#[N+]c1ccc(Br)cc1S(=O)(=O)O.[Cl-]. The van der Waals surface area contributed by atoms with E-state index < -0.39 is 15.0 Å². The number of hydrogen-bond donors (Lipinski definition) is 1. The Balaban J connectivity index is 0.00000169. The summed E-state index contributed by atoms with van der Waals surface area (Å²) in [5.41, 5.74) is -0.203. The van der Waals surface area contributed by atoms with Gasteiger partial charge in [-0.05, 0) is 12.1 Å². The Labute approximate surface area is 95.0 Å². The first-order chi connectivity index (χ1) is 5.95. The zero-order valence-electron chi connectivity index (χ0n) is 6.55. The molecule has 0 radical (unpaired) electrons. The van der Waals surface area contributed by atoms with Gasteiger partial charge in [-0.25, -0.2) is 0 Å². The van der Waals surface area contributed by atoms with Crippen molar-refractivity contribution in [1.29, 1.82) is 5.39 Å². The zero-order chi connectivity index (χ0) is 10.1. The molecule has 0 aliphatic heterocycles. The molecule has 0 atom stereocenters. The molecule has 0 aliphatic rings. The van der Waals surface area contributed by atoms with E-state index in [9.17, 15) is 8.42 Å². The summed E-state index contributed by atoms with van der Waals surface area (Å²) < 4.78 is 30.6. The fraction of sp³-hybridized carbons (Fsp3) is 0. The lowest BCUT2D eigenvalue weighted by Crippen LogP contribution is -3.00. The van der Waals surface area contributed by atoms with Gasteiger partial charge in [-0.1, -0.05) is 15.9 Å². The lowest BCUT2D eigenvalue weighted by molar-refractivity contribution is -0.00000693. The summed E-state index contributed by atoms with van der Waals surface area (Å²) in [6.07, 6.45) is 0. The van der Waals surface area contributed by atoms with Crippen LogP contribution < -0.4 is 12.4 Å². The second-order valence-corrected chi connectivity index (χ2v) is 4.49. The largest absolute Gasteiger partial charge is 1.00 e. The lowest BCUT2D eigenvalue weighted by Gasteiger charge is -1.93. The van der Waals surface area contributed by atoms with Crippen molar-refractivity contribution < 1.29 is 25.4 Å². The van der Waals surface area contributed by atoms with E-state index in [0.29, 0.717) is 4.47 Å². The van der Waals surface area contributed by atoms with E-state index in [-0.39, 0.29) is 18.1 Å². The maximum absolute atomic E-state index is 10.7. The summed E-state index contributed by atoms with van der Waals surface area (Å²) in [7, 11) is -4.35. The average molecular weight is 300 g/mol. The van der Waals surface area contributed by atoms with Crippen molar-refractivity contribution in [3.05, 3.63) is 27.6 Å². The van der Waals surface area contributed by atoms with Crippen LogP contribution in [-0.2, 0) is 10.1 Å². The van der Waals surface area contributed by atoms with Gasteiger partial charge in [-0.15, -0.1) is 0 Å². The number of hydrogen-bond acceptors (Lipinski definition) is 3. The summed E-state index contributed by atoms with van der Waals surface area (Å²) in [5.74, 6) is 0. The van der Waals surface area contributed by atoms with Crippen LogP contribution in [0.15, 0.2) is 27.6 Å². The predicted octanol–water partition coefficient (Wildman–Crippen LogP) is -0.816. The van der Waals surface area contributed by atoms with Crippen LogP contribution in [0.25, 0.3) is 4.98 Å². The summed E-state index contributed by atoms with van der Waals surface area (Å²) in [6.45, 7) is 0. The fourth-order valence-corrected chi connectivity index (χ4v) is 1.94. The van der Waals surface area contributed by atoms with Gasteiger partial charge in [-0.3, -0.25) is 4.55 Å². The molecule has 0 saturated carbocycles. The monoisotopic (exact) mass is 298 g/mol. The van der Waals surface area contributed by atoms with E-state index in [1.165, 1.54) is 12.1 Å². The van der Waals surface area contributed by atoms with Crippen LogP contribution in [0.1, 0.15) is 0 Å². The van der Waals surface area contributed by atoms with Crippen molar-refractivity contribution in [3.63, 3.8) is 0 Å². The molecule has 0 aliphatic carbocycles. The van der Waals surface area contributed by atoms with Crippen molar-refractivity contribution in [1.82, 2.24) is 0 Å². The first-order valence-corrected chi connectivity index (χ1v) is 5.30. The van der Waals surface area contributed by atoms with Gasteiger partial charge in [0.05, 0.1) is 0 Å². The summed E-state index contributed by atoms with van der Waals surface area (Å²) >= 11 is 3.02. The van der Waals surface area contributed by atoms with Crippen LogP contribution in [0.5, 0.6) is 0 Å². The third-order valence-electron chi connectivity index (χ3n) is 1.31. The highest BCUT2D eigenvalue weighted by Crippen LogP contribution is 2.27. The summed E-state index contributed by atoms with van der Waals surface area (Å²) in [5, 5.41) is 8.41. The van der Waals surface area contributed by atoms with Crippen LogP contribution in [-0.4, -0.2) is 13.0 Å². The maximum atomic E-state index is 10.7. The molecule has 1 N–H and O–H groups in total. The van der Waals surface area contributed by atoms with E-state index >= 15 is 0 Å². The molecule has 76 valence electrons. The molecular formula is C6H4BrClN2O3S. The van der Waals surface area contributed by atoms with E-state index in [1.54, 1.807) is 0 Å². The molecule has 0 aromatic heterocycles. The number of diazo groups is 1.